The van der Waals surface area contributed by atoms with Crippen LogP contribution in [0.2, 0.25) is 0 Å². The Bertz CT molecular complexity index is 689. The van der Waals surface area contributed by atoms with E-state index in [0.29, 0.717) is 6.42 Å². The quantitative estimate of drug-likeness (QED) is 0.117. The third-order valence-electron chi connectivity index (χ3n) is 8.15. The normalized spacial score (nSPS) is 13.4. The molecular formula is C33H59BO2. The molecule has 0 aliphatic carbocycles. The molecule has 1 heterocycles. The number of rotatable bonds is 22. The average molecular weight is 499 g/mol. The molecule has 206 valence electrons. The van der Waals surface area contributed by atoms with Crippen LogP contribution in [0.25, 0.3) is 0 Å². The Kier molecular flexibility index (Phi) is 17.4. The van der Waals surface area contributed by atoms with E-state index in [9.17, 15) is 4.79 Å². The van der Waals surface area contributed by atoms with Gasteiger partial charge in [-0.25, -0.2) is 0 Å². The molecule has 0 aromatic carbocycles. The molecule has 0 saturated carbocycles. The second-order valence-corrected chi connectivity index (χ2v) is 11.9. The molecule has 1 aromatic rings. The number of esters is 1. The van der Waals surface area contributed by atoms with Gasteiger partial charge in [0.1, 0.15) is 0 Å². The molecule has 1 aromatic heterocycles. The summed E-state index contributed by atoms with van der Waals surface area (Å²) in [5.74, 6) is 4.34. The SMILES string of the molecule is CCCCCCC(C)(CCCCCC)OC(=O)Cc1ccbcc1C(C)(CCCC)CCCCCC. The first kappa shape index (κ1) is 32.9. The number of carbonyl (C=O) groups excluding carboxylic acids is 1. The molecule has 2 nitrogen and oxygen atoms in total. The minimum absolute atomic E-state index is 0.0419. The van der Waals surface area contributed by atoms with Crippen LogP contribution in [0.3, 0.4) is 0 Å². The Balaban J connectivity index is 2.98. The summed E-state index contributed by atoms with van der Waals surface area (Å²) in [6, 6.07) is 2.17. The van der Waals surface area contributed by atoms with Gasteiger partial charge in [-0.15, -0.1) is 0 Å². The molecule has 0 bridgehead atoms. The van der Waals surface area contributed by atoms with E-state index >= 15 is 0 Å². The van der Waals surface area contributed by atoms with Crippen molar-refractivity contribution in [2.45, 2.75) is 175 Å². The van der Waals surface area contributed by atoms with Crippen LogP contribution in [-0.4, -0.2) is 18.5 Å². The molecule has 0 fully saturated rings. The van der Waals surface area contributed by atoms with Crippen LogP contribution in [0.15, 0.2) is 18.0 Å². The molecule has 0 aliphatic rings. The third kappa shape index (κ3) is 12.9. The average Bonchev–Trinajstić information content (AvgIpc) is 2.86. The van der Waals surface area contributed by atoms with Gasteiger partial charge in [0.2, 0.25) is 0 Å². The summed E-state index contributed by atoms with van der Waals surface area (Å²) in [6.45, 7) is 15.8. The Morgan fingerprint density at radius 2 is 1.22 bits per heavy atom. The number of hydrogen-bond acceptors (Lipinski definition) is 2. The van der Waals surface area contributed by atoms with Crippen LogP contribution in [-0.2, 0) is 21.4 Å². The molecule has 0 spiro atoms. The van der Waals surface area contributed by atoms with Crippen LogP contribution >= 0.6 is 0 Å². The van der Waals surface area contributed by atoms with E-state index in [2.05, 4.69) is 66.4 Å². The maximum absolute atomic E-state index is 13.4. The summed E-state index contributed by atoms with van der Waals surface area (Å²) in [4.78, 5) is 13.4. The zero-order valence-corrected chi connectivity index (χ0v) is 25.1. The van der Waals surface area contributed by atoms with E-state index in [1.54, 1.807) is 0 Å². The summed E-state index contributed by atoms with van der Waals surface area (Å²) < 4.78 is 6.33. The van der Waals surface area contributed by atoms with Crippen molar-refractivity contribution in [1.29, 1.82) is 0 Å². The predicted molar refractivity (Wildman–Crippen MR) is 159 cm³/mol. The summed E-state index contributed by atoms with van der Waals surface area (Å²) in [7, 11) is 0. The summed E-state index contributed by atoms with van der Waals surface area (Å²) in [5.41, 5.74) is 2.35. The fourth-order valence-electron chi connectivity index (χ4n) is 5.71. The first-order valence-electron chi connectivity index (χ1n) is 15.6. The van der Waals surface area contributed by atoms with Gasteiger partial charge in [-0.2, -0.15) is 0 Å². The molecular weight excluding hydrogens is 439 g/mol. The van der Waals surface area contributed by atoms with Gasteiger partial charge in [-0.05, 0) is 0 Å². The maximum atomic E-state index is 13.4. The zero-order valence-electron chi connectivity index (χ0n) is 25.1. The first-order valence-corrected chi connectivity index (χ1v) is 15.6. The molecule has 0 aliphatic heterocycles. The number of hydrogen-bond donors (Lipinski definition) is 0. The predicted octanol–water partition coefficient (Wildman–Crippen LogP) is 10.2. The van der Waals surface area contributed by atoms with Crippen molar-refractivity contribution < 1.29 is 9.53 Å². The first-order chi connectivity index (χ1) is 17.3. The van der Waals surface area contributed by atoms with E-state index in [0.717, 1.165) is 25.7 Å². The second kappa shape index (κ2) is 19.0. The van der Waals surface area contributed by atoms with Crippen LogP contribution in [0.1, 0.15) is 168 Å². The number of unbranched alkanes of at least 4 members (excludes halogenated alkanes) is 10. The van der Waals surface area contributed by atoms with Gasteiger partial charge in [-0.1, -0.05) is 13.8 Å². The van der Waals surface area contributed by atoms with Gasteiger partial charge >= 0.3 is 212 Å². The van der Waals surface area contributed by atoms with Gasteiger partial charge in [0.25, 0.3) is 0 Å². The van der Waals surface area contributed by atoms with Gasteiger partial charge in [0.05, 0.1) is 0 Å². The Hall–Kier alpha value is -1.12. The van der Waals surface area contributed by atoms with Crippen molar-refractivity contribution in [2.24, 2.45) is 0 Å². The van der Waals surface area contributed by atoms with E-state index in [1.807, 2.05) is 0 Å². The number of ether oxygens (including phenoxy) is 1. The Morgan fingerprint density at radius 3 is 1.75 bits per heavy atom. The minimum atomic E-state index is -0.334. The summed E-state index contributed by atoms with van der Waals surface area (Å²) >= 11 is 0. The molecule has 0 saturated heterocycles. The Labute approximate surface area is 226 Å². The zero-order chi connectivity index (χ0) is 26.7. The molecule has 36 heavy (non-hydrogen) atoms. The van der Waals surface area contributed by atoms with Gasteiger partial charge < -0.3 is 0 Å². The van der Waals surface area contributed by atoms with E-state index in [4.69, 9.17) is 4.74 Å². The topological polar surface area (TPSA) is 26.3 Å². The van der Waals surface area contributed by atoms with Crippen LogP contribution < -0.4 is 0 Å². The molecule has 1 atom stereocenters. The van der Waals surface area contributed by atoms with Crippen molar-refractivity contribution in [2.75, 3.05) is 0 Å². The van der Waals surface area contributed by atoms with Crippen LogP contribution in [0.4, 0.5) is 0 Å². The van der Waals surface area contributed by atoms with Crippen molar-refractivity contribution in [3.8, 4) is 0 Å². The van der Waals surface area contributed by atoms with E-state index < -0.39 is 0 Å². The van der Waals surface area contributed by atoms with Gasteiger partial charge in [0.15, 0.2) is 0 Å². The Morgan fingerprint density at radius 1 is 0.722 bits per heavy atom. The van der Waals surface area contributed by atoms with Crippen molar-refractivity contribution in [3.05, 3.63) is 29.1 Å². The molecule has 1 unspecified atom stereocenters. The van der Waals surface area contributed by atoms with E-state index in [-0.39, 0.29) is 17.0 Å². The van der Waals surface area contributed by atoms with Crippen molar-refractivity contribution >= 4 is 12.9 Å². The number of carbonyl (C=O) groups is 1. The second-order valence-electron chi connectivity index (χ2n) is 11.9. The third-order valence-corrected chi connectivity index (χ3v) is 8.15. The molecule has 0 radical (unpaired) electrons. The van der Waals surface area contributed by atoms with Crippen molar-refractivity contribution in [3.63, 3.8) is 0 Å². The summed E-state index contributed by atoms with van der Waals surface area (Å²) in [6.07, 6.45) is 22.1. The monoisotopic (exact) mass is 498 g/mol. The molecule has 0 N–H and O–H groups in total. The molecule has 1 rings (SSSR count). The fourth-order valence-corrected chi connectivity index (χ4v) is 5.71. The van der Waals surface area contributed by atoms with Crippen LogP contribution in [0, 0.1) is 0 Å². The van der Waals surface area contributed by atoms with Gasteiger partial charge in [0, 0.05) is 0 Å². The van der Waals surface area contributed by atoms with Gasteiger partial charge in [-0.3, -0.25) is 0 Å². The van der Waals surface area contributed by atoms with E-state index in [1.165, 1.54) is 101 Å². The molecule has 3 heteroatoms. The van der Waals surface area contributed by atoms with Crippen molar-refractivity contribution in [1.82, 2.24) is 0 Å². The standard InChI is InChI=1S/C33H59BO2/c1-7-11-15-18-23-32(5,22-14-10-4)30-28-34-26-21-29(30)27-31(35)36-33(6,24-19-16-12-8-2)25-20-17-13-9-3/h21,26,28H,7-20,22-25,27H2,1-6H3. The van der Waals surface area contributed by atoms with Crippen LogP contribution in [0.5, 0.6) is 0 Å². The summed E-state index contributed by atoms with van der Waals surface area (Å²) in [5, 5.41) is 0. The molecule has 0 amide bonds. The fraction of sp³-hybridized carbons (Fsp3) is 0.818.